The molecule has 0 fully saturated rings. The lowest BCUT2D eigenvalue weighted by atomic mass is 9.82. The second-order valence-electron chi connectivity index (χ2n) is 6.67. The second-order valence-corrected chi connectivity index (χ2v) is 8.36. The van der Waals surface area contributed by atoms with E-state index in [0.717, 1.165) is 11.3 Å². The van der Waals surface area contributed by atoms with E-state index in [0.29, 0.717) is 21.2 Å². The number of thiophene rings is 1. The molecule has 0 saturated heterocycles. The fraction of sp³-hybridized carbons (Fsp3) is 0.286. The van der Waals surface area contributed by atoms with E-state index in [-0.39, 0.29) is 30.0 Å². The summed E-state index contributed by atoms with van der Waals surface area (Å²) >= 11 is 13.2. The Morgan fingerprint density at radius 1 is 1.17 bits per heavy atom. The number of carboxylic acid groups (broad SMARTS) is 1. The Bertz CT molecular complexity index is 1020. The van der Waals surface area contributed by atoms with Crippen LogP contribution < -0.4 is 10.4 Å². The second kappa shape index (κ2) is 9.64. The maximum atomic E-state index is 12.8. The number of esters is 1. The lowest BCUT2D eigenvalue weighted by molar-refractivity contribution is -0.313. The van der Waals surface area contributed by atoms with Gasteiger partial charge in [0.05, 0.1) is 22.6 Å². The molecule has 6 nitrogen and oxygen atoms in total. The Kier molecular flexibility index (Phi) is 7.18. The Labute approximate surface area is 187 Å². The summed E-state index contributed by atoms with van der Waals surface area (Å²) in [6.45, 7) is 1.84. The first-order valence-electron chi connectivity index (χ1n) is 9.24. The normalized spacial score (nSPS) is 18.1. The predicted octanol–water partition coefficient (Wildman–Crippen LogP) is 4.17. The highest BCUT2D eigenvalue weighted by Crippen LogP contribution is 2.39. The molecule has 1 amide bonds. The van der Waals surface area contributed by atoms with Crippen molar-refractivity contribution in [3.63, 3.8) is 0 Å². The predicted molar refractivity (Wildman–Crippen MR) is 115 cm³/mol. The topological polar surface area (TPSA) is 95.5 Å². The molecule has 158 valence electrons. The number of hydrogen-bond acceptors (Lipinski definition) is 6. The molecule has 1 aliphatic carbocycles. The van der Waals surface area contributed by atoms with Crippen molar-refractivity contribution in [2.75, 3.05) is 11.9 Å². The van der Waals surface area contributed by atoms with Gasteiger partial charge in [-0.2, -0.15) is 0 Å². The number of halogens is 2. The minimum absolute atomic E-state index is 0.156. The molecule has 30 heavy (non-hydrogen) atoms. The van der Waals surface area contributed by atoms with E-state index in [1.54, 1.807) is 42.7 Å². The van der Waals surface area contributed by atoms with Crippen LogP contribution in [0.25, 0.3) is 11.1 Å². The molecule has 1 aliphatic rings. The highest BCUT2D eigenvalue weighted by Gasteiger charge is 2.31. The number of carboxylic acids is 1. The van der Waals surface area contributed by atoms with Gasteiger partial charge in [0, 0.05) is 22.8 Å². The molecule has 9 heteroatoms. The van der Waals surface area contributed by atoms with Crippen molar-refractivity contribution in [1.82, 2.24) is 0 Å². The van der Waals surface area contributed by atoms with Crippen molar-refractivity contribution >= 4 is 57.4 Å². The molecular weight excluding hydrogens is 449 g/mol. The molecule has 2 atom stereocenters. The highest BCUT2D eigenvalue weighted by atomic mass is 35.5. The number of amides is 1. The number of carbonyl (C=O) groups is 3. The molecule has 2 unspecified atom stereocenters. The molecule has 1 aromatic heterocycles. The average molecular weight is 467 g/mol. The van der Waals surface area contributed by atoms with Crippen molar-refractivity contribution in [3.8, 4) is 11.1 Å². The number of carbonyl (C=O) groups excluding carboxylic acids is 3. The minimum atomic E-state index is -1.27. The van der Waals surface area contributed by atoms with Crippen LogP contribution in [0.3, 0.4) is 0 Å². The van der Waals surface area contributed by atoms with Gasteiger partial charge in [-0.05, 0) is 37.5 Å². The molecular formula is C21H18Cl2NO5S-. The molecule has 1 N–H and O–H groups in total. The molecule has 0 radical (unpaired) electrons. The van der Waals surface area contributed by atoms with Crippen molar-refractivity contribution in [1.29, 1.82) is 0 Å². The smallest absolute Gasteiger partial charge is 0.341 e. The third-order valence-electron chi connectivity index (χ3n) is 4.81. The van der Waals surface area contributed by atoms with E-state index < -0.39 is 29.7 Å². The van der Waals surface area contributed by atoms with E-state index in [1.807, 2.05) is 0 Å². The summed E-state index contributed by atoms with van der Waals surface area (Å²) in [6, 6.07) is 4.95. The van der Waals surface area contributed by atoms with Gasteiger partial charge >= 0.3 is 5.97 Å². The number of allylic oxidation sites excluding steroid dienone is 2. The summed E-state index contributed by atoms with van der Waals surface area (Å²) in [5.41, 5.74) is 1.36. The van der Waals surface area contributed by atoms with Crippen LogP contribution in [0.2, 0.25) is 10.0 Å². The maximum Gasteiger partial charge on any atom is 0.341 e. The number of nitrogens with one attached hydrogen (secondary N) is 1. The summed E-state index contributed by atoms with van der Waals surface area (Å²) in [7, 11) is 0. The number of ether oxygens (including phenoxy) is 1. The van der Waals surface area contributed by atoms with Crippen molar-refractivity contribution in [2.45, 2.75) is 19.8 Å². The van der Waals surface area contributed by atoms with Gasteiger partial charge in [0.25, 0.3) is 0 Å². The van der Waals surface area contributed by atoms with Crippen LogP contribution in [0.1, 0.15) is 30.1 Å². The summed E-state index contributed by atoms with van der Waals surface area (Å²) < 4.78 is 5.17. The first kappa shape index (κ1) is 22.3. The van der Waals surface area contributed by atoms with E-state index in [9.17, 15) is 19.5 Å². The number of anilines is 1. The van der Waals surface area contributed by atoms with E-state index in [1.165, 1.54) is 0 Å². The largest absolute Gasteiger partial charge is 0.550 e. The third kappa shape index (κ3) is 4.69. The van der Waals surface area contributed by atoms with Gasteiger partial charge in [0.1, 0.15) is 10.6 Å². The van der Waals surface area contributed by atoms with Gasteiger partial charge in [-0.3, -0.25) is 4.79 Å². The fourth-order valence-electron chi connectivity index (χ4n) is 3.30. The third-order valence-corrected chi connectivity index (χ3v) is 6.44. The first-order valence-corrected chi connectivity index (χ1v) is 10.9. The van der Waals surface area contributed by atoms with Crippen LogP contribution in [0.15, 0.2) is 35.7 Å². The quantitative estimate of drug-likeness (QED) is 0.508. The van der Waals surface area contributed by atoms with E-state index >= 15 is 0 Å². The number of hydrogen-bond donors (Lipinski definition) is 1. The molecule has 0 bridgehead atoms. The molecule has 0 saturated carbocycles. The Morgan fingerprint density at radius 2 is 1.87 bits per heavy atom. The zero-order chi connectivity index (χ0) is 21.8. The number of benzene rings is 1. The van der Waals surface area contributed by atoms with Gasteiger partial charge in [-0.1, -0.05) is 41.4 Å². The molecule has 2 aromatic rings. The lowest BCUT2D eigenvalue weighted by Crippen LogP contribution is -2.41. The van der Waals surface area contributed by atoms with E-state index in [2.05, 4.69) is 5.32 Å². The zero-order valence-electron chi connectivity index (χ0n) is 15.9. The van der Waals surface area contributed by atoms with Gasteiger partial charge in [-0.15, -0.1) is 11.3 Å². The van der Waals surface area contributed by atoms with Gasteiger partial charge in [-0.25, -0.2) is 4.79 Å². The minimum Gasteiger partial charge on any atom is -0.550 e. The van der Waals surface area contributed by atoms with Gasteiger partial charge < -0.3 is 20.0 Å². The SMILES string of the molecule is CCOC(=O)c1c(-c2ccc(Cl)c(Cl)c2)csc1NC(=O)C1CC=CCC1C(=O)[O-]. The van der Waals surface area contributed by atoms with Crippen LogP contribution in [0, 0.1) is 11.8 Å². The van der Waals surface area contributed by atoms with Crippen LogP contribution in [0.4, 0.5) is 5.00 Å². The fourth-order valence-corrected chi connectivity index (χ4v) is 4.56. The Balaban J connectivity index is 1.96. The van der Waals surface area contributed by atoms with Crippen LogP contribution in [-0.4, -0.2) is 24.5 Å². The first-order chi connectivity index (χ1) is 14.3. The maximum absolute atomic E-state index is 12.8. The summed E-state index contributed by atoms with van der Waals surface area (Å²) in [5, 5.41) is 16.8. The van der Waals surface area contributed by atoms with Crippen molar-refractivity contribution < 1.29 is 24.2 Å². The van der Waals surface area contributed by atoms with Crippen LogP contribution in [-0.2, 0) is 14.3 Å². The highest BCUT2D eigenvalue weighted by molar-refractivity contribution is 7.15. The molecule has 1 heterocycles. The summed E-state index contributed by atoms with van der Waals surface area (Å²) in [4.78, 5) is 36.9. The van der Waals surface area contributed by atoms with Gasteiger partial charge in [0.2, 0.25) is 5.91 Å². The monoisotopic (exact) mass is 466 g/mol. The van der Waals surface area contributed by atoms with Crippen molar-refractivity contribution in [3.05, 3.63) is 51.3 Å². The van der Waals surface area contributed by atoms with Gasteiger partial charge in [0.15, 0.2) is 0 Å². The van der Waals surface area contributed by atoms with Crippen LogP contribution in [0.5, 0.6) is 0 Å². The summed E-state index contributed by atoms with van der Waals surface area (Å²) in [6.07, 6.45) is 4.00. The van der Waals surface area contributed by atoms with Crippen molar-refractivity contribution in [2.24, 2.45) is 11.8 Å². The molecule has 3 rings (SSSR count). The van der Waals surface area contributed by atoms with E-state index in [4.69, 9.17) is 27.9 Å². The van der Waals surface area contributed by atoms with Crippen LogP contribution >= 0.6 is 34.5 Å². The summed E-state index contributed by atoms with van der Waals surface area (Å²) in [5.74, 6) is -4.06. The molecule has 1 aromatic carbocycles. The standard InChI is InChI=1S/C21H19Cl2NO5S/c1-2-29-21(28)17-14(11-7-8-15(22)16(23)9-11)10-30-19(17)24-18(25)12-5-3-4-6-13(12)20(26)27/h3-4,7-10,12-13H,2,5-6H2,1H3,(H,24,25)(H,26,27)/p-1. The molecule has 0 aliphatic heterocycles. The molecule has 0 spiro atoms. The average Bonchev–Trinajstić information content (AvgIpc) is 3.13. The number of rotatable bonds is 6. The zero-order valence-corrected chi connectivity index (χ0v) is 18.3. The number of aliphatic carboxylic acids is 1. The Hall–Kier alpha value is -2.35. The lowest BCUT2D eigenvalue weighted by Gasteiger charge is -2.28. The Morgan fingerprint density at radius 3 is 2.50 bits per heavy atom.